The molecular weight excluding hydrogens is 206 g/mol. The summed E-state index contributed by atoms with van der Waals surface area (Å²) in [6.07, 6.45) is 1.09. The highest BCUT2D eigenvalue weighted by Crippen LogP contribution is 2.29. The van der Waals surface area contributed by atoms with Crippen LogP contribution < -0.4 is 10.6 Å². The van der Waals surface area contributed by atoms with Gasteiger partial charge in [-0.3, -0.25) is 0 Å². The molecule has 1 aromatic rings. The lowest BCUT2D eigenvalue weighted by Gasteiger charge is -2.16. The largest absolute Gasteiger partial charge is 0.346 e. The van der Waals surface area contributed by atoms with Crippen molar-refractivity contribution < 1.29 is 0 Å². The van der Waals surface area contributed by atoms with Crippen LogP contribution in [0.2, 0.25) is 0 Å². The summed E-state index contributed by atoms with van der Waals surface area (Å²) >= 11 is 1.73. The molecule has 1 atom stereocenters. The molecule has 2 heterocycles. The Morgan fingerprint density at radius 1 is 1.53 bits per heavy atom. The smallest absolute Gasteiger partial charge is 0.185 e. The van der Waals surface area contributed by atoms with Crippen LogP contribution in [0.4, 0.5) is 5.13 Å². The number of nitrogens with zero attached hydrogens (tertiary/aromatic N) is 2. The minimum atomic E-state index is 0.149. The summed E-state index contributed by atoms with van der Waals surface area (Å²) in [5.74, 6) is 0. The van der Waals surface area contributed by atoms with Gasteiger partial charge in [-0.1, -0.05) is 20.8 Å². The Balaban J connectivity index is 2.14. The van der Waals surface area contributed by atoms with E-state index in [0.717, 1.165) is 24.6 Å². The summed E-state index contributed by atoms with van der Waals surface area (Å²) in [7, 11) is 0. The van der Waals surface area contributed by atoms with Crippen LogP contribution in [-0.2, 0) is 5.41 Å². The average Bonchev–Trinajstić information content (AvgIpc) is 2.69. The summed E-state index contributed by atoms with van der Waals surface area (Å²) < 4.78 is 0. The van der Waals surface area contributed by atoms with Gasteiger partial charge in [0.15, 0.2) is 5.13 Å². The first kappa shape index (κ1) is 10.9. The van der Waals surface area contributed by atoms with Crippen molar-refractivity contribution in [1.29, 1.82) is 0 Å². The summed E-state index contributed by atoms with van der Waals surface area (Å²) in [5, 5.41) is 3.30. The van der Waals surface area contributed by atoms with Gasteiger partial charge in [-0.05, 0) is 6.42 Å². The summed E-state index contributed by atoms with van der Waals surface area (Å²) in [5.41, 5.74) is 7.22. The van der Waals surface area contributed by atoms with Crippen molar-refractivity contribution in [2.75, 3.05) is 18.0 Å². The van der Waals surface area contributed by atoms with Crippen LogP contribution in [0.3, 0.4) is 0 Å². The fourth-order valence-corrected chi connectivity index (χ4v) is 2.80. The van der Waals surface area contributed by atoms with E-state index in [1.807, 2.05) is 0 Å². The van der Waals surface area contributed by atoms with Crippen LogP contribution in [0.1, 0.15) is 32.9 Å². The van der Waals surface area contributed by atoms with E-state index in [2.05, 4.69) is 36.0 Å². The monoisotopic (exact) mass is 225 g/mol. The zero-order valence-electron chi connectivity index (χ0n) is 9.66. The summed E-state index contributed by atoms with van der Waals surface area (Å²) in [6.45, 7) is 8.60. The highest BCUT2D eigenvalue weighted by atomic mass is 32.1. The standard InChI is InChI=1S/C11H19N3S/c1-11(2,3)9-7-15-10(13-9)14-5-4-8(12)6-14/h7-8H,4-6,12H2,1-3H3/t8-/m1/s1. The van der Waals surface area contributed by atoms with Gasteiger partial charge in [0.1, 0.15) is 0 Å². The number of anilines is 1. The lowest BCUT2D eigenvalue weighted by Crippen LogP contribution is -2.26. The molecule has 0 bridgehead atoms. The van der Waals surface area contributed by atoms with E-state index in [-0.39, 0.29) is 5.41 Å². The minimum Gasteiger partial charge on any atom is -0.346 e. The third-order valence-electron chi connectivity index (χ3n) is 2.76. The number of hydrogen-bond donors (Lipinski definition) is 1. The third kappa shape index (κ3) is 2.32. The van der Waals surface area contributed by atoms with Gasteiger partial charge in [-0.15, -0.1) is 11.3 Å². The van der Waals surface area contributed by atoms with Gasteiger partial charge in [0, 0.05) is 29.9 Å². The van der Waals surface area contributed by atoms with E-state index >= 15 is 0 Å². The average molecular weight is 225 g/mol. The molecule has 2 N–H and O–H groups in total. The molecule has 1 fully saturated rings. The van der Waals surface area contributed by atoms with Crippen LogP contribution in [0.5, 0.6) is 0 Å². The maximum Gasteiger partial charge on any atom is 0.185 e. The van der Waals surface area contributed by atoms with E-state index in [9.17, 15) is 0 Å². The molecule has 0 aromatic carbocycles. The van der Waals surface area contributed by atoms with Crippen LogP contribution >= 0.6 is 11.3 Å². The van der Waals surface area contributed by atoms with E-state index < -0.39 is 0 Å². The van der Waals surface area contributed by atoms with Gasteiger partial charge < -0.3 is 10.6 Å². The molecular formula is C11H19N3S. The molecule has 1 aliphatic rings. The summed E-state index contributed by atoms with van der Waals surface area (Å²) in [6, 6.07) is 0.326. The van der Waals surface area contributed by atoms with Crippen molar-refractivity contribution in [3.05, 3.63) is 11.1 Å². The molecule has 84 valence electrons. The normalized spacial score (nSPS) is 22.4. The van der Waals surface area contributed by atoms with E-state index in [1.54, 1.807) is 11.3 Å². The zero-order chi connectivity index (χ0) is 11.1. The van der Waals surface area contributed by atoms with Gasteiger partial charge in [0.2, 0.25) is 0 Å². The lowest BCUT2D eigenvalue weighted by atomic mass is 9.93. The topological polar surface area (TPSA) is 42.1 Å². The van der Waals surface area contributed by atoms with Gasteiger partial charge in [-0.2, -0.15) is 0 Å². The number of nitrogens with two attached hydrogens (primary N) is 1. The van der Waals surface area contributed by atoms with Crippen molar-refractivity contribution in [1.82, 2.24) is 4.98 Å². The third-order valence-corrected chi connectivity index (χ3v) is 3.66. The lowest BCUT2D eigenvalue weighted by molar-refractivity contribution is 0.572. The molecule has 2 rings (SSSR count). The number of aromatic nitrogens is 1. The molecule has 0 aliphatic carbocycles. The highest BCUT2D eigenvalue weighted by Gasteiger charge is 2.24. The maximum atomic E-state index is 5.89. The van der Waals surface area contributed by atoms with E-state index in [0.29, 0.717) is 6.04 Å². The Morgan fingerprint density at radius 3 is 2.73 bits per heavy atom. The van der Waals surface area contributed by atoms with Crippen molar-refractivity contribution >= 4 is 16.5 Å². The van der Waals surface area contributed by atoms with Gasteiger partial charge in [0.25, 0.3) is 0 Å². The SMILES string of the molecule is CC(C)(C)c1csc(N2CC[C@@H](N)C2)n1. The molecule has 4 heteroatoms. The van der Waals surface area contributed by atoms with Gasteiger partial charge >= 0.3 is 0 Å². The zero-order valence-corrected chi connectivity index (χ0v) is 10.5. The van der Waals surface area contributed by atoms with Crippen LogP contribution in [0, 0.1) is 0 Å². The quantitative estimate of drug-likeness (QED) is 0.794. The fourth-order valence-electron chi connectivity index (χ4n) is 1.72. The highest BCUT2D eigenvalue weighted by molar-refractivity contribution is 7.13. The molecule has 0 saturated carbocycles. The predicted molar refractivity (Wildman–Crippen MR) is 65.6 cm³/mol. The van der Waals surface area contributed by atoms with Gasteiger partial charge in [0.05, 0.1) is 5.69 Å². The van der Waals surface area contributed by atoms with Crippen LogP contribution in [0.15, 0.2) is 5.38 Å². The first-order valence-electron chi connectivity index (χ1n) is 5.43. The number of hydrogen-bond acceptors (Lipinski definition) is 4. The predicted octanol–water partition coefficient (Wildman–Crippen LogP) is 1.98. The Hall–Kier alpha value is -0.610. The number of thiazole rings is 1. The minimum absolute atomic E-state index is 0.149. The second-order valence-electron chi connectivity index (χ2n) is 5.26. The summed E-state index contributed by atoms with van der Waals surface area (Å²) in [4.78, 5) is 6.98. The number of rotatable bonds is 1. The first-order valence-corrected chi connectivity index (χ1v) is 6.31. The van der Waals surface area contributed by atoms with Crippen LogP contribution in [-0.4, -0.2) is 24.1 Å². The van der Waals surface area contributed by atoms with E-state index in [4.69, 9.17) is 5.73 Å². The Morgan fingerprint density at radius 2 is 2.27 bits per heavy atom. The first-order chi connectivity index (χ1) is 6.97. The van der Waals surface area contributed by atoms with E-state index in [1.165, 1.54) is 5.69 Å². The van der Waals surface area contributed by atoms with Crippen molar-refractivity contribution in [3.8, 4) is 0 Å². The molecule has 1 aromatic heterocycles. The van der Waals surface area contributed by atoms with Crippen molar-refractivity contribution in [2.45, 2.75) is 38.6 Å². The Kier molecular flexibility index (Phi) is 2.73. The molecule has 3 nitrogen and oxygen atoms in total. The Labute approximate surface area is 95.3 Å². The molecule has 0 unspecified atom stereocenters. The molecule has 0 amide bonds. The second-order valence-corrected chi connectivity index (χ2v) is 6.10. The molecule has 1 aliphatic heterocycles. The van der Waals surface area contributed by atoms with Crippen molar-refractivity contribution in [2.24, 2.45) is 5.73 Å². The molecule has 1 saturated heterocycles. The molecule has 0 radical (unpaired) electrons. The Bertz CT molecular complexity index is 340. The molecule has 0 spiro atoms. The fraction of sp³-hybridized carbons (Fsp3) is 0.727. The van der Waals surface area contributed by atoms with Crippen LogP contribution in [0.25, 0.3) is 0 Å². The second kappa shape index (κ2) is 3.76. The molecule has 15 heavy (non-hydrogen) atoms. The maximum absolute atomic E-state index is 5.89. The van der Waals surface area contributed by atoms with Gasteiger partial charge in [-0.25, -0.2) is 4.98 Å². The van der Waals surface area contributed by atoms with Crippen molar-refractivity contribution in [3.63, 3.8) is 0 Å².